The van der Waals surface area contributed by atoms with Gasteiger partial charge in [-0.2, -0.15) is 0 Å². The van der Waals surface area contributed by atoms with Crippen molar-refractivity contribution in [1.82, 2.24) is 14.6 Å². The number of aromatic amines is 1. The molecule has 4 N–H and O–H groups in total. The van der Waals surface area contributed by atoms with Gasteiger partial charge in [0.2, 0.25) is 0 Å². The van der Waals surface area contributed by atoms with Crippen molar-refractivity contribution in [3.63, 3.8) is 0 Å². The molecular weight excluding hydrogens is 318 g/mol. The summed E-state index contributed by atoms with van der Waals surface area (Å²) in [6.07, 6.45) is 0. The van der Waals surface area contributed by atoms with Crippen LogP contribution in [0.25, 0.3) is 11.3 Å². The van der Waals surface area contributed by atoms with Gasteiger partial charge in [-0.3, -0.25) is 9.78 Å². The summed E-state index contributed by atoms with van der Waals surface area (Å²) in [7, 11) is 0. The number of hydrogen-bond acceptors (Lipinski definition) is 6. The highest BCUT2D eigenvalue weighted by Crippen LogP contribution is 2.20. The lowest BCUT2D eigenvalue weighted by Crippen LogP contribution is -2.20. The lowest BCUT2D eigenvalue weighted by Gasteiger charge is -2.08. The molecule has 0 radical (unpaired) electrons. The molecule has 0 bridgehead atoms. The average Bonchev–Trinajstić information content (AvgIpc) is 3.01. The highest BCUT2D eigenvalue weighted by molar-refractivity contribution is 7.03. The van der Waals surface area contributed by atoms with E-state index in [1.54, 1.807) is 12.1 Å². The van der Waals surface area contributed by atoms with E-state index in [1.807, 2.05) is 17.5 Å². The number of urea groups is 1. The molecule has 0 atom stereocenters. The molecule has 0 aliphatic heterocycles. The number of anilines is 2. The predicted octanol–water partition coefficient (Wildman–Crippen LogP) is 2.24. The minimum absolute atomic E-state index is 0.189. The second-order valence-electron chi connectivity index (χ2n) is 4.57. The molecule has 0 aliphatic rings. The van der Waals surface area contributed by atoms with Crippen LogP contribution >= 0.6 is 11.5 Å². The zero-order valence-corrected chi connectivity index (χ0v) is 12.4. The van der Waals surface area contributed by atoms with Crippen molar-refractivity contribution < 1.29 is 9.90 Å². The number of nitrogens with zero attached hydrogens (tertiary/aromatic N) is 2. The average molecular weight is 329 g/mol. The number of rotatable bonds is 3. The van der Waals surface area contributed by atoms with Crippen LogP contribution in [0.3, 0.4) is 0 Å². The first kappa shape index (κ1) is 14.7. The first-order valence-electron chi connectivity index (χ1n) is 6.49. The van der Waals surface area contributed by atoms with E-state index in [0.29, 0.717) is 5.69 Å². The SMILES string of the molecule is O=C(Nc1ccc(-c2csnn2)cc1)Nc1cc(O)[nH]c(=O)c1. The Morgan fingerprint density at radius 1 is 1.13 bits per heavy atom. The molecule has 0 saturated heterocycles. The smallest absolute Gasteiger partial charge is 0.323 e. The standard InChI is InChI=1S/C14H11N5O3S/c20-12-5-10(6-13(21)17-12)16-14(22)15-9-3-1-8(2-4-9)11-7-23-19-18-11/h1-7H,(H4,15,16,17,20,21,22). The molecule has 0 spiro atoms. The van der Waals surface area contributed by atoms with Gasteiger partial charge in [-0.25, -0.2) is 4.79 Å². The maximum absolute atomic E-state index is 11.9. The molecule has 23 heavy (non-hydrogen) atoms. The van der Waals surface area contributed by atoms with Gasteiger partial charge in [0, 0.05) is 28.8 Å². The molecule has 1 aromatic carbocycles. The lowest BCUT2D eigenvalue weighted by atomic mass is 10.1. The van der Waals surface area contributed by atoms with Crippen LogP contribution in [0.5, 0.6) is 5.88 Å². The number of nitrogens with one attached hydrogen (secondary N) is 3. The summed E-state index contributed by atoms with van der Waals surface area (Å²) in [6.45, 7) is 0. The fraction of sp³-hybridized carbons (Fsp3) is 0. The summed E-state index contributed by atoms with van der Waals surface area (Å²) in [5, 5.41) is 20.2. The Morgan fingerprint density at radius 3 is 2.52 bits per heavy atom. The van der Waals surface area contributed by atoms with Gasteiger partial charge in [0.1, 0.15) is 5.69 Å². The summed E-state index contributed by atoms with van der Waals surface area (Å²) >= 11 is 1.26. The summed E-state index contributed by atoms with van der Waals surface area (Å²) in [5.41, 5.74) is 1.91. The molecule has 0 aliphatic carbocycles. The summed E-state index contributed by atoms with van der Waals surface area (Å²) in [5.74, 6) is -0.325. The van der Waals surface area contributed by atoms with Crippen LogP contribution in [-0.4, -0.2) is 25.7 Å². The van der Waals surface area contributed by atoms with Gasteiger partial charge in [0.15, 0.2) is 5.88 Å². The van der Waals surface area contributed by atoms with Crippen molar-refractivity contribution in [3.05, 3.63) is 52.1 Å². The predicted molar refractivity (Wildman–Crippen MR) is 86.7 cm³/mol. The molecular formula is C14H11N5O3S. The summed E-state index contributed by atoms with van der Waals surface area (Å²) in [6, 6.07) is 8.94. The third kappa shape index (κ3) is 3.71. The van der Waals surface area contributed by atoms with Gasteiger partial charge < -0.3 is 15.7 Å². The quantitative estimate of drug-likeness (QED) is 0.587. The van der Waals surface area contributed by atoms with Gasteiger partial charge in [0.25, 0.3) is 5.56 Å². The second-order valence-corrected chi connectivity index (χ2v) is 5.17. The van der Waals surface area contributed by atoms with Gasteiger partial charge in [-0.15, -0.1) is 5.10 Å². The Bertz CT molecular complexity index is 874. The van der Waals surface area contributed by atoms with Crippen molar-refractivity contribution in [2.45, 2.75) is 0 Å². The molecule has 8 nitrogen and oxygen atoms in total. The topological polar surface area (TPSA) is 120 Å². The van der Waals surface area contributed by atoms with E-state index in [-0.39, 0.29) is 11.6 Å². The van der Waals surface area contributed by atoms with E-state index in [9.17, 15) is 14.7 Å². The van der Waals surface area contributed by atoms with Crippen molar-refractivity contribution in [1.29, 1.82) is 0 Å². The van der Waals surface area contributed by atoms with Gasteiger partial charge >= 0.3 is 6.03 Å². The first-order chi connectivity index (χ1) is 11.1. The fourth-order valence-corrected chi connectivity index (χ4v) is 2.37. The molecule has 9 heteroatoms. The van der Waals surface area contributed by atoms with E-state index in [2.05, 4.69) is 25.2 Å². The monoisotopic (exact) mass is 329 g/mol. The number of hydrogen-bond donors (Lipinski definition) is 4. The molecule has 0 unspecified atom stereocenters. The normalized spacial score (nSPS) is 10.3. The Labute approximate surface area is 134 Å². The lowest BCUT2D eigenvalue weighted by molar-refractivity contribution is 0.262. The Hall–Kier alpha value is -3.20. The van der Waals surface area contributed by atoms with Crippen molar-refractivity contribution in [2.24, 2.45) is 0 Å². The third-order valence-corrected chi connectivity index (χ3v) is 3.39. The van der Waals surface area contributed by atoms with Crippen LogP contribution in [0.4, 0.5) is 16.2 Å². The Balaban J connectivity index is 1.67. The third-order valence-electron chi connectivity index (χ3n) is 2.89. The number of carbonyl (C=O) groups excluding carboxylic acids is 1. The van der Waals surface area contributed by atoms with E-state index in [1.165, 1.54) is 17.6 Å². The maximum Gasteiger partial charge on any atom is 0.323 e. The highest BCUT2D eigenvalue weighted by atomic mass is 32.1. The first-order valence-corrected chi connectivity index (χ1v) is 7.33. The van der Waals surface area contributed by atoms with Gasteiger partial charge in [0.05, 0.1) is 5.69 Å². The van der Waals surface area contributed by atoms with Crippen LogP contribution in [-0.2, 0) is 0 Å². The van der Waals surface area contributed by atoms with Crippen molar-refractivity contribution in [2.75, 3.05) is 10.6 Å². The van der Waals surface area contributed by atoms with Crippen molar-refractivity contribution >= 4 is 28.9 Å². The van der Waals surface area contributed by atoms with E-state index >= 15 is 0 Å². The number of H-pyrrole nitrogens is 1. The largest absolute Gasteiger partial charge is 0.494 e. The number of pyridine rings is 1. The highest BCUT2D eigenvalue weighted by Gasteiger charge is 2.06. The molecule has 116 valence electrons. The molecule has 2 heterocycles. The van der Waals surface area contributed by atoms with Crippen LogP contribution in [0.2, 0.25) is 0 Å². The minimum atomic E-state index is -0.530. The molecule has 2 amide bonds. The minimum Gasteiger partial charge on any atom is -0.494 e. The van der Waals surface area contributed by atoms with E-state index < -0.39 is 11.6 Å². The van der Waals surface area contributed by atoms with E-state index in [4.69, 9.17) is 0 Å². The maximum atomic E-state index is 11.9. The number of amides is 2. The van der Waals surface area contributed by atoms with Crippen LogP contribution in [0.1, 0.15) is 0 Å². The number of carbonyl (C=O) groups is 1. The second kappa shape index (κ2) is 6.28. The number of aromatic hydroxyl groups is 1. The molecule has 3 rings (SSSR count). The summed E-state index contributed by atoms with van der Waals surface area (Å²) in [4.78, 5) is 25.3. The van der Waals surface area contributed by atoms with E-state index in [0.717, 1.165) is 17.3 Å². The summed E-state index contributed by atoms with van der Waals surface area (Å²) < 4.78 is 3.79. The molecule has 3 aromatic rings. The van der Waals surface area contributed by atoms with Crippen LogP contribution in [0.15, 0.2) is 46.6 Å². The zero-order chi connectivity index (χ0) is 16.2. The molecule has 2 aromatic heterocycles. The fourth-order valence-electron chi connectivity index (χ4n) is 1.91. The van der Waals surface area contributed by atoms with Gasteiger partial charge in [-0.1, -0.05) is 16.6 Å². The number of benzene rings is 1. The Morgan fingerprint density at radius 2 is 1.87 bits per heavy atom. The van der Waals surface area contributed by atoms with Crippen molar-refractivity contribution in [3.8, 4) is 17.1 Å². The molecule has 0 fully saturated rings. The van der Waals surface area contributed by atoms with Crippen LogP contribution in [0, 0.1) is 0 Å². The zero-order valence-electron chi connectivity index (χ0n) is 11.6. The van der Waals surface area contributed by atoms with Gasteiger partial charge in [-0.05, 0) is 23.7 Å². The molecule has 0 saturated carbocycles. The van der Waals surface area contributed by atoms with Crippen LogP contribution < -0.4 is 16.2 Å². The Kier molecular flexibility index (Phi) is 4.02. The number of aromatic nitrogens is 3.